The number of aliphatic carboxylic acids is 1. The highest BCUT2D eigenvalue weighted by Gasteiger charge is 2.25. The van der Waals surface area contributed by atoms with Crippen molar-refractivity contribution in [1.29, 1.82) is 0 Å². The van der Waals surface area contributed by atoms with Gasteiger partial charge in [-0.2, -0.15) is 0 Å². The van der Waals surface area contributed by atoms with E-state index in [9.17, 15) is 4.79 Å². The molecule has 0 atom stereocenters. The predicted octanol–water partition coefficient (Wildman–Crippen LogP) is 4.32. The van der Waals surface area contributed by atoms with Crippen molar-refractivity contribution in [3.05, 3.63) is 29.3 Å². The summed E-state index contributed by atoms with van der Waals surface area (Å²) in [7, 11) is 0. The summed E-state index contributed by atoms with van der Waals surface area (Å²) in [5, 5.41) is 9.70. The molecule has 0 saturated heterocycles. The Morgan fingerprint density at radius 3 is 2.47 bits per heavy atom. The maximum absolute atomic E-state index is 10.9. The van der Waals surface area contributed by atoms with E-state index in [1.165, 1.54) is 4.90 Å². The van der Waals surface area contributed by atoms with Gasteiger partial charge in [0.15, 0.2) is 0 Å². The third-order valence-corrected chi connectivity index (χ3v) is 3.96. The van der Waals surface area contributed by atoms with Gasteiger partial charge >= 0.3 is 5.97 Å². The summed E-state index contributed by atoms with van der Waals surface area (Å²) < 4.78 is 0. The van der Waals surface area contributed by atoms with Crippen LogP contribution in [-0.2, 0) is 4.79 Å². The van der Waals surface area contributed by atoms with Gasteiger partial charge in [-0.25, -0.2) is 0 Å². The standard InChI is InChI=1S/C13H17ClO2S/c1-13(2,12(15)16)8-3-9-17-11-6-4-10(14)5-7-11/h4-7H,3,8-9H2,1-2H3,(H,15,16). The minimum Gasteiger partial charge on any atom is -0.481 e. The second kappa shape index (κ2) is 6.31. The number of carbonyl (C=O) groups is 1. The minimum atomic E-state index is -0.728. The molecule has 0 heterocycles. The van der Waals surface area contributed by atoms with Crippen molar-refractivity contribution in [3.63, 3.8) is 0 Å². The van der Waals surface area contributed by atoms with E-state index in [2.05, 4.69) is 0 Å². The van der Waals surface area contributed by atoms with Gasteiger partial charge in [0.1, 0.15) is 0 Å². The lowest BCUT2D eigenvalue weighted by molar-refractivity contribution is -0.147. The molecule has 17 heavy (non-hydrogen) atoms. The topological polar surface area (TPSA) is 37.3 Å². The van der Waals surface area contributed by atoms with E-state index in [-0.39, 0.29) is 0 Å². The molecule has 0 aliphatic rings. The summed E-state index contributed by atoms with van der Waals surface area (Å²) in [5.41, 5.74) is -0.624. The lowest BCUT2D eigenvalue weighted by Crippen LogP contribution is -2.23. The number of benzene rings is 1. The first-order valence-electron chi connectivity index (χ1n) is 5.53. The van der Waals surface area contributed by atoms with Crippen LogP contribution in [0.2, 0.25) is 5.02 Å². The monoisotopic (exact) mass is 272 g/mol. The quantitative estimate of drug-likeness (QED) is 0.619. The number of halogens is 1. The number of thioether (sulfide) groups is 1. The molecule has 2 nitrogen and oxygen atoms in total. The third-order valence-electron chi connectivity index (χ3n) is 2.61. The van der Waals surface area contributed by atoms with Crippen LogP contribution in [0.4, 0.5) is 0 Å². The minimum absolute atomic E-state index is 0.624. The lowest BCUT2D eigenvalue weighted by Gasteiger charge is -2.18. The van der Waals surface area contributed by atoms with E-state index < -0.39 is 11.4 Å². The molecule has 0 amide bonds. The molecule has 1 N–H and O–H groups in total. The van der Waals surface area contributed by atoms with Crippen molar-refractivity contribution in [2.75, 3.05) is 5.75 Å². The molecule has 1 aromatic carbocycles. The normalized spacial score (nSPS) is 11.5. The molecule has 0 fully saturated rings. The summed E-state index contributed by atoms with van der Waals surface area (Å²) in [6, 6.07) is 7.70. The largest absolute Gasteiger partial charge is 0.481 e. The molecule has 0 spiro atoms. The van der Waals surface area contributed by atoms with Crippen LogP contribution in [0.3, 0.4) is 0 Å². The number of carboxylic acids is 1. The first-order valence-corrected chi connectivity index (χ1v) is 6.90. The van der Waals surface area contributed by atoms with E-state index in [1.807, 2.05) is 24.3 Å². The molecular weight excluding hydrogens is 256 g/mol. The molecule has 0 aliphatic carbocycles. The summed E-state index contributed by atoms with van der Waals surface area (Å²) in [6.07, 6.45) is 1.59. The smallest absolute Gasteiger partial charge is 0.309 e. The van der Waals surface area contributed by atoms with E-state index in [0.717, 1.165) is 17.2 Å². The van der Waals surface area contributed by atoms with Crippen molar-refractivity contribution in [1.82, 2.24) is 0 Å². The highest BCUT2D eigenvalue weighted by Crippen LogP contribution is 2.26. The first-order chi connectivity index (χ1) is 7.92. The maximum atomic E-state index is 10.9. The van der Waals surface area contributed by atoms with Crippen LogP contribution < -0.4 is 0 Å². The van der Waals surface area contributed by atoms with Crippen molar-refractivity contribution in [3.8, 4) is 0 Å². The summed E-state index contributed by atoms with van der Waals surface area (Å²) in [6.45, 7) is 3.53. The molecule has 1 aromatic rings. The zero-order chi connectivity index (χ0) is 12.9. The van der Waals surface area contributed by atoms with Gasteiger partial charge in [-0.3, -0.25) is 4.79 Å². The molecule has 0 saturated carbocycles. The molecular formula is C13H17ClO2S. The summed E-state index contributed by atoms with van der Waals surface area (Å²) in [5.74, 6) is 0.201. The second-order valence-corrected chi connectivity index (χ2v) is 6.20. The number of rotatable bonds is 6. The highest BCUT2D eigenvalue weighted by atomic mass is 35.5. The van der Waals surface area contributed by atoms with Crippen LogP contribution in [0.15, 0.2) is 29.2 Å². The second-order valence-electron chi connectivity index (χ2n) is 4.59. The Kier molecular flexibility index (Phi) is 5.34. The average molecular weight is 273 g/mol. The SMILES string of the molecule is CC(C)(CCCSc1ccc(Cl)cc1)C(=O)O. The van der Waals surface area contributed by atoms with E-state index in [0.29, 0.717) is 6.42 Å². The van der Waals surface area contributed by atoms with Crippen molar-refractivity contribution in [2.24, 2.45) is 5.41 Å². The molecule has 94 valence electrons. The fourth-order valence-electron chi connectivity index (χ4n) is 1.34. The van der Waals surface area contributed by atoms with E-state index in [1.54, 1.807) is 25.6 Å². The number of hydrogen-bond acceptors (Lipinski definition) is 2. The average Bonchev–Trinajstić information content (AvgIpc) is 2.26. The van der Waals surface area contributed by atoms with Crippen LogP contribution in [-0.4, -0.2) is 16.8 Å². The number of carboxylic acid groups (broad SMARTS) is 1. The molecule has 1 rings (SSSR count). The van der Waals surface area contributed by atoms with Gasteiger partial charge in [0.25, 0.3) is 0 Å². The zero-order valence-corrected chi connectivity index (χ0v) is 11.6. The Hall–Kier alpha value is -0.670. The molecule has 0 bridgehead atoms. The van der Waals surface area contributed by atoms with E-state index >= 15 is 0 Å². The zero-order valence-electron chi connectivity index (χ0n) is 10.1. The van der Waals surface area contributed by atoms with Crippen LogP contribution in [0, 0.1) is 5.41 Å². The Labute approximate surface area is 111 Å². The molecule has 0 aromatic heterocycles. The van der Waals surface area contributed by atoms with Gasteiger partial charge in [-0.15, -0.1) is 11.8 Å². The Balaban J connectivity index is 2.29. The van der Waals surface area contributed by atoms with E-state index in [4.69, 9.17) is 16.7 Å². The first kappa shape index (κ1) is 14.4. The summed E-state index contributed by atoms with van der Waals surface area (Å²) >= 11 is 7.52. The lowest BCUT2D eigenvalue weighted by atomic mass is 9.88. The fourth-order valence-corrected chi connectivity index (χ4v) is 2.32. The van der Waals surface area contributed by atoms with Crippen LogP contribution >= 0.6 is 23.4 Å². The van der Waals surface area contributed by atoms with Crippen molar-refractivity contribution >= 4 is 29.3 Å². The van der Waals surface area contributed by atoms with Crippen LogP contribution in [0.5, 0.6) is 0 Å². The van der Waals surface area contributed by atoms with Crippen LogP contribution in [0.1, 0.15) is 26.7 Å². The Morgan fingerprint density at radius 2 is 1.94 bits per heavy atom. The molecule has 0 radical (unpaired) electrons. The van der Waals surface area contributed by atoms with Gasteiger partial charge in [-0.1, -0.05) is 11.6 Å². The van der Waals surface area contributed by atoms with Crippen molar-refractivity contribution in [2.45, 2.75) is 31.6 Å². The highest BCUT2D eigenvalue weighted by molar-refractivity contribution is 7.99. The maximum Gasteiger partial charge on any atom is 0.309 e. The van der Waals surface area contributed by atoms with Gasteiger partial charge in [0, 0.05) is 9.92 Å². The van der Waals surface area contributed by atoms with Gasteiger partial charge in [0.2, 0.25) is 0 Å². The predicted molar refractivity (Wildman–Crippen MR) is 72.8 cm³/mol. The van der Waals surface area contributed by atoms with Crippen LogP contribution in [0.25, 0.3) is 0 Å². The molecule has 4 heteroatoms. The van der Waals surface area contributed by atoms with Gasteiger partial charge in [0.05, 0.1) is 5.41 Å². The molecule has 0 aliphatic heterocycles. The van der Waals surface area contributed by atoms with Gasteiger partial charge in [-0.05, 0) is 56.7 Å². The summed E-state index contributed by atoms with van der Waals surface area (Å²) in [4.78, 5) is 12.1. The molecule has 0 unspecified atom stereocenters. The Morgan fingerprint density at radius 1 is 1.35 bits per heavy atom. The van der Waals surface area contributed by atoms with Crippen molar-refractivity contribution < 1.29 is 9.90 Å². The third kappa shape index (κ3) is 5.00. The fraction of sp³-hybridized carbons (Fsp3) is 0.462. The van der Waals surface area contributed by atoms with Gasteiger partial charge < -0.3 is 5.11 Å². The Bertz CT molecular complexity index is 374. The number of hydrogen-bond donors (Lipinski definition) is 1.